The number of allylic oxidation sites excluding steroid dienone is 1. The topological polar surface area (TPSA) is 90.3 Å². The van der Waals surface area contributed by atoms with E-state index < -0.39 is 6.04 Å². The SMILES string of the molecule is CCOc1cc(C2C(C(=O)Nc3cccc(C)c3)=C(C)Nc3ncnn32)cc(Br)c1OCc1c(Cl)cccc1Cl. The van der Waals surface area contributed by atoms with Gasteiger partial charge >= 0.3 is 0 Å². The first kappa shape index (κ1) is 28.0. The number of aromatic nitrogens is 3. The molecule has 40 heavy (non-hydrogen) atoms. The van der Waals surface area contributed by atoms with Crippen LogP contribution in [0.1, 0.15) is 36.6 Å². The molecule has 1 aromatic heterocycles. The number of nitrogens with zero attached hydrogens (tertiary/aromatic N) is 3. The summed E-state index contributed by atoms with van der Waals surface area (Å²) in [6.07, 6.45) is 1.45. The maximum Gasteiger partial charge on any atom is 0.255 e. The monoisotopic (exact) mass is 641 g/mol. The van der Waals surface area contributed by atoms with E-state index in [9.17, 15) is 4.79 Å². The summed E-state index contributed by atoms with van der Waals surface area (Å²) in [7, 11) is 0. The van der Waals surface area contributed by atoms with Gasteiger partial charge in [0.15, 0.2) is 11.5 Å². The van der Waals surface area contributed by atoms with E-state index in [2.05, 4.69) is 36.6 Å². The lowest BCUT2D eigenvalue weighted by Gasteiger charge is -2.29. The zero-order valence-corrected chi connectivity index (χ0v) is 25.1. The van der Waals surface area contributed by atoms with Crippen molar-refractivity contribution in [1.82, 2.24) is 14.8 Å². The molecule has 206 valence electrons. The maximum absolute atomic E-state index is 13.7. The average molecular weight is 643 g/mol. The van der Waals surface area contributed by atoms with E-state index in [1.165, 1.54) is 6.33 Å². The molecule has 0 saturated heterocycles. The number of carbonyl (C=O) groups is 1. The van der Waals surface area contributed by atoms with E-state index in [0.717, 1.165) is 11.1 Å². The zero-order chi connectivity index (χ0) is 28.4. The molecule has 0 saturated carbocycles. The molecule has 4 aromatic rings. The smallest absolute Gasteiger partial charge is 0.255 e. The van der Waals surface area contributed by atoms with Crippen molar-refractivity contribution in [3.05, 3.63) is 103 Å². The minimum Gasteiger partial charge on any atom is -0.490 e. The molecule has 0 bridgehead atoms. The number of amides is 1. The van der Waals surface area contributed by atoms with Gasteiger partial charge in [-0.2, -0.15) is 10.1 Å². The van der Waals surface area contributed by atoms with Crippen molar-refractivity contribution in [3.63, 3.8) is 0 Å². The molecule has 0 aliphatic carbocycles. The van der Waals surface area contributed by atoms with Crippen molar-refractivity contribution in [2.45, 2.75) is 33.4 Å². The molecule has 2 heterocycles. The standard InChI is InChI=1S/C29H26BrCl2N5O3/c1-4-39-24-13-18(12-21(30)27(24)40-14-20-22(31)9-6-10-23(20)32)26-25(17(3)35-29-33-15-34-37(26)29)28(38)36-19-8-5-7-16(2)11-19/h5-13,15,26H,4,14H2,1-3H3,(H,36,38)(H,33,34,35). The van der Waals surface area contributed by atoms with E-state index in [0.29, 0.717) is 61.1 Å². The summed E-state index contributed by atoms with van der Waals surface area (Å²) in [5.74, 6) is 1.24. The molecule has 2 N–H and O–H groups in total. The highest BCUT2D eigenvalue weighted by atomic mass is 79.9. The number of rotatable bonds is 8. The molecular formula is C29H26BrCl2N5O3. The second-order valence-electron chi connectivity index (χ2n) is 9.17. The van der Waals surface area contributed by atoms with Crippen LogP contribution in [0, 0.1) is 6.92 Å². The van der Waals surface area contributed by atoms with Crippen LogP contribution in [-0.4, -0.2) is 27.3 Å². The number of anilines is 2. The number of carbonyl (C=O) groups excluding carboxylic acids is 1. The molecule has 0 spiro atoms. The zero-order valence-electron chi connectivity index (χ0n) is 22.0. The van der Waals surface area contributed by atoms with Gasteiger partial charge in [0.25, 0.3) is 5.91 Å². The number of benzene rings is 3. The van der Waals surface area contributed by atoms with E-state index >= 15 is 0 Å². The van der Waals surface area contributed by atoms with Crippen LogP contribution in [-0.2, 0) is 11.4 Å². The van der Waals surface area contributed by atoms with Crippen molar-refractivity contribution in [2.24, 2.45) is 0 Å². The Balaban J connectivity index is 1.54. The summed E-state index contributed by atoms with van der Waals surface area (Å²) in [4.78, 5) is 18.1. The highest BCUT2D eigenvalue weighted by Crippen LogP contribution is 2.43. The number of ether oxygens (including phenoxy) is 2. The highest BCUT2D eigenvalue weighted by Gasteiger charge is 2.34. The lowest BCUT2D eigenvalue weighted by molar-refractivity contribution is -0.113. The van der Waals surface area contributed by atoms with Crippen LogP contribution in [0.3, 0.4) is 0 Å². The Kier molecular flexibility index (Phi) is 8.35. The summed E-state index contributed by atoms with van der Waals surface area (Å²) in [5.41, 5.74) is 4.32. The average Bonchev–Trinajstić information content (AvgIpc) is 3.36. The van der Waals surface area contributed by atoms with Crippen LogP contribution in [0.5, 0.6) is 11.5 Å². The number of fused-ring (bicyclic) bond motifs is 1. The molecule has 1 unspecified atom stereocenters. The molecule has 8 nitrogen and oxygen atoms in total. The maximum atomic E-state index is 13.7. The van der Waals surface area contributed by atoms with Crippen molar-refractivity contribution >= 4 is 56.7 Å². The largest absolute Gasteiger partial charge is 0.490 e. The second-order valence-corrected chi connectivity index (χ2v) is 10.8. The van der Waals surface area contributed by atoms with Crippen LogP contribution >= 0.6 is 39.1 Å². The van der Waals surface area contributed by atoms with E-state index in [-0.39, 0.29) is 12.5 Å². The molecule has 1 aliphatic rings. The Morgan fingerprint density at radius 2 is 1.85 bits per heavy atom. The normalized spacial score (nSPS) is 14.4. The Labute approximate surface area is 250 Å². The minimum atomic E-state index is -0.592. The molecular weight excluding hydrogens is 617 g/mol. The Bertz CT molecular complexity index is 1600. The lowest BCUT2D eigenvalue weighted by Crippen LogP contribution is -2.31. The Hall–Kier alpha value is -3.53. The predicted octanol–water partition coefficient (Wildman–Crippen LogP) is 7.56. The van der Waals surface area contributed by atoms with Gasteiger partial charge in [-0.3, -0.25) is 4.79 Å². The van der Waals surface area contributed by atoms with Gasteiger partial charge in [0.05, 0.1) is 16.7 Å². The van der Waals surface area contributed by atoms with Crippen molar-refractivity contribution in [1.29, 1.82) is 0 Å². The summed E-state index contributed by atoms with van der Waals surface area (Å²) in [6.45, 7) is 6.25. The number of aryl methyl sites for hydroxylation is 1. The number of hydrogen-bond acceptors (Lipinski definition) is 6. The van der Waals surface area contributed by atoms with Crippen molar-refractivity contribution in [3.8, 4) is 11.5 Å². The van der Waals surface area contributed by atoms with E-state index in [1.807, 2.05) is 57.2 Å². The van der Waals surface area contributed by atoms with Gasteiger partial charge in [0, 0.05) is 27.0 Å². The summed E-state index contributed by atoms with van der Waals surface area (Å²) >= 11 is 16.4. The van der Waals surface area contributed by atoms with Gasteiger partial charge in [0.1, 0.15) is 19.0 Å². The number of halogens is 3. The summed E-state index contributed by atoms with van der Waals surface area (Å²) in [5, 5.41) is 11.7. The van der Waals surface area contributed by atoms with Crippen molar-refractivity contribution < 1.29 is 14.3 Å². The van der Waals surface area contributed by atoms with Crippen LogP contribution in [0.4, 0.5) is 11.6 Å². The number of nitrogens with one attached hydrogen (secondary N) is 2. The van der Waals surface area contributed by atoms with Gasteiger partial charge < -0.3 is 20.1 Å². The fourth-order valence-corrected chi connectivity index (χ4v) is 5.66. The minimum absolute atomic E-state index is 0.139. The van der Waals surface area contributed by atoms with E-state index in [4.69, 9.17) is 32.7 Å². The number of hydrogen-bond donors (Lipinski definition) is 2. The molecule has 5 rings (SSSR count). The van der Waals surface area contributed by atoms with Crippen molar-refractivity contribution in [2.75, 3.05) is 17.2 Å². The Morgan fingerprint density at radius 3 is 2.58 bits per heavy atom. The third kappa shape index (κ3) is 5.68. The van der Waals surface area contributed by atoms with Crippen LogP contribution < -0.4 is 20.1 Å². The summed E-state index contributed by atoms with van der Waals surface area (Å²) in [6, 6.07) is 16.1. The highest BCUT2D eigenvalue weighted by molar-refractivity contribution is 9.10. The third-order valence-corrected chi connectivity index (χ3v) is 7.68. The first-order valence-electron chi connectivity index (χ1n) is 12.5. The van der Waals surface area contributed by atoms with Gasteiger partial charge in [-0.05, 0) is 84.2 Å². The van der Waals surface area contributed by atoms with E-state index in [1.54, 1.807) is 22.9 Å². The van der Waals surface area contributed by atoms with Crippen LogP contribution in [0.15, 0.2) is 76.7 Å². The lowest BCUT2D eigenvalue weighted by atomic mass is 9.94. The second kappa shape index (κ2) is 11.9. The molecule has 1 amide bonds. The quantitative estimate of drug-likeness (QED) is 0.206. The first-order chi connectivity index (χ1) is 19.3. The predicted molar refractivity (Wildman–Crippen MR) is 160 cm³/mol. The third-order valence-electron chi connectivity index (χ3n) is 6.38. The molecule has 11 heteroatoms. The fourth-order valence-electron chi connectivity index (χ4n) is 4.58. The van der Waals surface area contributed by atoms with Gasteiger partial charge in [-0.25, -0.2) is 4.68 Å². The molecule has 1 atom stereocenters. The van der Waals surface area contributed by atoms with Crippen LogP contribution in [0.2, 0.25) is 10.0 Å². The van der Waals surface area contributed by atoms with Gasteiger partial charge in [-0.1, -0.05) is 41.4 Å². The summed E-state index contributed by atoms with van der Waals surface area (Å²) < 4.78 is 14.5. The molecule has 3 aromatic carbocycles. The molecule has 1 aliphatic heterocycles. The van der Waals surface area contributed by atoms with Gasteiger partial charge in [0.2, 0.25) is 5.95 Å². The molecule has 0 fully saturated rings. The molecule has 0 radical (unpaired) electrons. The Morgan fingerprint density at radius 1 is 1.10 bits per heavy atom. The fraction of sp³-hybridized carbons (Fsp3) is 0.207. The first-order valence-corrected chi connectivity index (χ1v) is 14.1. The van der Waals surface area contributed by atoms with Gasteiger partial charge in [-0.15, -0.1) is 0 Å². The van der Waals surface area contributed by atoms with Crippen LogP contribution in [0.25, 0.3) is 0 Å².